The molecule has 0 amide bonds. The maximum atomic E-state index is 14.0. The number of nitrogens with zero attached hydrogens (tertiary/aromatic N) is 1. The molecule has 1 aromatic carbocycles. The molecule has 112 valence electrons. The molecule has 2 rings (SSSR count). The van der Waals surface area contributed by atoms with Gasteiger partial charge in [-0.05, 0) is 44.0 Å². The van der Waals surface area contributed by atoms with Crippen LogP contribution in [-0.2, 0) is 16.6 Å². The smallest absolute Gasteiger partial charge is 0.246 e. The molecule has 1 saturated carbocycles. The van der Waals surface area contributed by atoms with Crippen molar-refractivity contribution >= 4 is 10.0 Å². The van der Waals surface area contributed by atoms with Crippen LogP contribution < -0.4 is 5.32 Å². The molecule has 0 atom stereocenters. The van der Waals surface area contributed by atoms with Crippen LogP contribution in [0.4, 0.5) is 4.39 Å². The average Bonchev–Trinajstić information content (AvgIpc) is 3.22. The summed E-state index contributed by atoms with van der Waals surface area (Å²) in [6.45, 7) is 2.89. The van der Waals surface area contributed by atoms with Crippen LogP contribution in [0.5, 0.6) is 0 Å². The van der Waals surface area contributed by atoms with E-state index in [0.29, 0.717) is 13.1 Å². The third-order valence-corrected chi connectivity index (χ3v) is 5.33. The van der Waals surface area contributed by atoms with Crippen molar-refractivity contribution in [3.05, 3.63) is 29.6 Å². The van der Waals surface area contributed by atoms with Crippen molar-refractivity contribution in [2.45, 2.75) is 43.7 Å². The Bertz CT molecular complexity index is 571. The summed E-state index contributed by atoms with van der Waals surface area (Å²) in [4.78, 5) is -0.203. The summed E-state index contributed by atoms with van der Waals surface area (Å²) in [5.41, 5.74) is 0.764. The first-order valence-electron chi connectivity index (χ1n) is 6.95. The van der Waals surface area contributed by atoms with Gasteiger partial charge in [0.1, 0.15) is 10.7 Å². The Kier molecular flexibility index (Phi) is 4.78. The number of sulfonamides is 1. The molecule has 0 heterocycles. The Morgan fingerprint density at radius 2 is 2.10 bits per heavy atom. The quantitative estimate of drug-likeness (QED) is 0.839. The standard InChI is InChI=1S/C14H21FN2O2S/c1-3-8-17(12-5-6-12)20(18,19)14-9-11(10-16-2)4-7-13(14)15/h4,7,9,12,16H,3,5-6,8,10H2,1-2H3. The van der Waals surface area contributed by atoms with Crippen molar-refractivity contribution in [3.63, 3.8) is 0 Å². The van der Waals surface area contributed by atoms with Gasteiger partial charge >= 0.3 is 0 Å². The minimum absolute atomic E-state index is 0.0484. The van der Waals surface area contributed by atoms with E-state index in [1.54, 1.807) is 13.1 Å². The number of hydrogen-bond donors (Lipinski definition) is 1. The van der Waals surface area contributed by atoms with Gasteiger partial charge in [0.25, 0.3) is 0 Å². The highest BCUT2D eigenvalue weighted by Gasteiger charge is 2.38. The first-order chi connectivity index (χ1) is 9.50. The predicted octanol–water partition coefficient (Wildman–Crippen LogP) is 2.11. The summed E-state index contributed by atoms with van der Waals surface area (Å²) in [5, 5.41) is 2.94. The predicted molar refractivity (Wildman–Crippen MR) is 76.4 cm³/mol. The lowest BCUT2D eigenvalue weighted by Crippen LogP contribution is -2.34. The molecule has 1 fully saturated rings. The molecule has 0 aliphatic heterocycles. The highest BCUT2D eigenvalue weighted by atomic mass is 32.2. The van der Waals surface area contributed by atoms with Crippen molar-refractivity contribution in [2.24, 2.45) is 0 Å². The van der Waals surface area contributed by atoms with E-state index >= 15 is 0 Å². The second-order valence-corrected chi connectivity index (χ2v) is 7.00. The summed E-state index contributed by atoms with van der Waals surface area (Å²) >= 11 is 0. The Morgan fingerprint density at radius 1 is 1.40 bits per heavy atom. The molecule has 6 heteroatoms. The van der Waals surface area contributed by atoms with E-state index < -0.39 is 15.8 Å². The van der Waals surface area contributed by atoms with E-state index in [1.807, 2.05) is 6.92 Å². The van der Waals surface area contributed by atoms with Gasteiger partial charge in [0.05, 0.1) is 0 Å². The lowest BCUT2D eigenvalue weighted by atomic mass is 10.2. The number of nitrogens with one attached hydrogen (secondary N) is 1. The van der Waals surface area contributed by atoms with Crippen molar-refractivity contribution in [3.8, 4) is 0 Å². The average molecular weight is 300 g/mol. The molecular formula is C14H21FN2O2S. The third-order valence-electron chi connectivity index (χ3n) is 3.36. The molecule has 0 bridgehead atoms. The molecule has 1 N–H and O–H groups in total. The van der Waals surface area contributed by atoms with Crippen LogP contribution in [0.3, 0.4) is 0 Å². The molecule has 1 aromatic rings. The van der Waals surface area contributed by atoms with Crippen LogP contribution in [0.25, 0.3) is 0 Å². The first kappa shape index (κ1) is 15.4. The highest BCUT2D eigenvalue weighted by Crippen LogP contribution is 2.33. The molecule has 0 radical (unpaired) electrons. The fourth-order valence-corrected chi connectivity index (χ4v) is 4.16. The second-order valence-electron chi connectivity index (χ2n) is 5.14. The van der Waals surface area contributed by atoms with Crippen LogP contribution in [0.1, 0.15) is 31.7 Å². The van der Waals surface area contributed by atoms with Gasteiger partial charge in [-0.3, -0.25) is 0 Å². The van der Waals surface area contributed by atoms with Gasteiger partial charge < -0.3 is 5.32 Å². The minimum atomic E-state index is -3.74. The van der Waals surface area contributed by atoms with Gasteiger partial charge in [-0.25, -0.2) is 12.8 Å². The SMILES string of the molecule is CCCN(C1CC1)S(=O)(=O)c1cc(CNC)ccc1F. The molecule has 0 aromatic heterocycles. The van der Waals surface area contributed by atoms with E-state index in [2.05, 4.69) is 5.32 Å². The molecule has 20 heavy (non-hydrogen) atoms. The van der Waals surface area contributed by atoms with Gasteiger partial charge in [-0.15, -0.1) is 0 Å². The topological polar surface area (TPSA) is 49.4 Å². The normalized spacial score (nSPS) is 15.8. The molecule has 0 unspecified atom stereocenters. The molecule has 4 nitrogen and oxygen atoms in total. The van der Waals surface area contributed by atoms with Gasteiger partial charge in [0, 0.05) is 19.1 Å². The maximum absolute atomic E-state index is 14.0. The Hall–Kier alpha value is -0.980. The lowest BCUT2D eigenvalue weighted by Gasteiger charge is -2.21. The zero-order valence-electron chi connectivity index (χ0n) is 11.9. The Morgan fingerprint density at radius 3 is 2.65 bits per heavy atom. The van der Waals surface area contributed by atoms with Crippen molar-refractivity contribution in [2.75, 3.05) is 13.6 Å². The van der Waals surface area contributed by atoms with Crippen LogP contribution in [0.2, 0.25) is 0 Å². The van der Waals surface area contributed by atoms with E-state index in [4.69, 9.17) is 0 Å². The number of benzene rings is 1. The van der Waals surface area contributed by atoms with Crippen molar-refractivity contribution in [1.29, 1.82) is 0 Å². The van der Waals surface area contributed by atoms with E-state index in [1.165, 1.54) is 16.4 Å². The zero-order chi connectivity index (χ0) is 14.8. The van der Waals surface area contributed by atoms with E-state index in [0.717, 1.165) is 24.8 Å². The van der Waals surface area contributed by atoms with E-state index in [-0.39, 0.29) is 10.9 Å². The first-order valence-corrected chi connectivity index (χ1v) is 8.39. The monoisotopic (exact) mass is 300 g/mol. The van der Waals surface area contributed by atoms with Gasteiger partial charge in [-0.1, -0.05) is 13.0 Å². The summed E-state index contributed by atoms with van der Waals surface area (Å²) in [6.07, 6.45) is 2.47. The maximum Gasteiger partial charge on any atom is 0.246 e. The minimum Gasteiger partial charge on any atom is -0.316 e. The van der Waals surface area contributed by atoms with Crippen LogP contribution in [0.15, 0.2) is 23.1 Å². The largest absolute Gasteiger partial charge is 0.316 e. The summed E-state index contributed by atoms with van der Waals surface area (Å²) in [5.74, 6) is -0.674. The molecular weight excluding hydrogens is 279 g/mol. The van der Waals surface area contributed by atoms with Gasteiger partial charge in [0.15, 0.2) is 0 Å². The lowest BCUT2D eigenvalue weighted by molar-refractivity contribution is 0.400. The Balaban J connectivity index is 2.38. The van der Waals surface area contributed by atoms with Crippen molar-refractivity contribution < 1.29 is 12.8 Å². The molecule has 0 spiro atoms. The number of halogens is 1. The summed E-state index contributed by atoms with van der Waals surface area (Å²) in [7, 11) is -1.97. The highest BCUT2D eigenvalue weighted by molar-refractivity contribution is 7.89. The van der Waals surface area contributed by atoms with Crippen molar-refractivity contribution in [1.82, 2.24) is 9.62 Å². The molecule has 1 aliphatic carbocycles. The van der Waals surface area contributed by atoms with Crippen LogP contribution >= 0.6 is 0 Å². The van der Waals surface area contributed by atoms with Crippen LogP contribution in [0, 0.1) is 5.82 Å². The Labute approximate surface area is 120 Å². The zero-order valence-corrected chi connectivity index (χ0v) is 12.7. The fourth-order valence-electron chi connectivity index (χ4n) is 2.27. The second kappa shape index (κ2) is 6.20. The summed E-state index contributed by atoms with van der Waals surface area (Å²) in [6, 6.07) is 4.32. The molecule has 0 saturated heterocycles. The number of rotatable bonds is 7. The van der Waals surface area contributed by atoms with Crippen LogP contribution in [-0.4, -0.2) is 32.4 Å². The summed E-state index contributed by atoms with van der Waals surface area (Å²) < 4.78 is 40.7. The van der Waals surface area contributed by atoms with E-state index in [9.17, 15) is 12.8 Å². The number of hydrogen-bond acceptors (Lipinski definition) is 3. The molecule has 1 aliphatic rings. The fraction of sp³-hybridized carbons (Fsp3) is 0.571. The van der Waals surface area contributed by atoms with Gasteiger partial charge in [-0.2, -0.15) is 4.31 Å². The van der Waals surface area contributed by atoms with Gasteiger partial charge in [0.2, 0.25) is 10.0 Å². The third kappa shape index (κ3) is 3.19.